The van der Waals surface area contributed by atoms with Crippen LogP contribution in [0.2, 0.25) is 0 Å². The molecule has 0 unspecified atom stereocenters. The number of para-hydroxylation sites is 2. The van der Waals surface area contributed by atoms with Crippen LogP contribution in [0.1, 0.15) is 0 Å². The fraction of sp³-hybridized carbons (Fsp3) is 0.125. The minimum atomic E-state index is -4.77. The Labute approximate surface area is 106 Å². The molecule has 0 aliphatic rings. The highest BCUT2D eigenvalue weighted by molar-refractivity contribution is 14.0. The van der Waals surface area contributed by atoms with Crippen molar-refractivity contribution in [3.63, 3.8) is 0 Å². The van der Waals surface area contributed by atoms with Crippen LogP contribution in [0.25, 0.3) is 0 Å². The van der Waals surface area contributed by atoms with Gasteiger partial charge in [0.05, 0.1) is 0 Å². The standard InChI is InChI=1S/C8H8F3N3O.HI/c9-8(10,11)15-6-4-2-1-3-5(6)14-7(12)13;/h1-4H,(H4,12,13,14);1H. The van der Waals surface area contributed by atoms with Gasteiger partial charge in [-0.2, -0.15) is 0 Å². The molecule has 8 heteroatoms. The molecule has 0 aliphatic carbocycles. The van der Waals surface area contributed by atoms with E-state index in [0.29, 0.717) is 0 Å². The van der Waals surface area contributed by atoms with E-state index < -0.39 is 12.1 Å². The van der Waals surface area contributed by atoms with Gasteiger partial charge in [0, 0.05) is 0 Å². The molecular formula is C8H9F3IN3O. The fourth-order valence-corrected chi connectivity index (χ4v) is 0.900. The van der Waals surface area contributed by atoms with Gasteiger partial charge in [-0.25, -0.2) is 4.99 Å². The van der Waals surface area contributed by atoms with E-state index in [4.69, 9.17) is 11.5 Å². The number of nitrogens with two attached hydrogens (primary N) is 2. The first-order valence-electron chi connectivity index (χ1n) is 3.83. The van der Waals surface area contributed by atoms with Crippen LogP contribution in [0.4, 0.5) is 18.9 Å². The molecule has 0 amide bonds. The first-order chi connectivity index (χ1) is 6.88. The molecule has 0 radical (unpaired) electrons. The summed E-state index contributed by atoms with van der Waals surface area (Å²) in [4.78, 5) is 3.49. The van der Waals surface area contributed by atoms with Crippen LogP contribution in [0.15, 0.2) is 29.3 Å². The largest absolute Gasteiger partial charge is 0.573 e. The quantitative estimate of drug-likeness (QED) is 0.489. The average Bonchev–Trinajstić information content (AvgIpc) is 2.05. The van der Waals surface area contributed by atoms with Crippen LogP contribution in [0.5, 0.6) is 5.75 Å². The molecule has 0 aliphatic heterocycles. The van der Waals surface area contributed by atoms with Gasteiger partial charge < -0.3 is 16.2 Å². The molecule has 1 aromatic carbocycles. The zero-order chi connectivity index (χ0) is 11.5. The number of alkyl halides is 3. The summed E-state index contributed by atoms with van der Waals surface area (Å²) in [7, 11) is 0. The number of guanidine groups is 1. The monoisotopic (exact) mass is 347 g/mol. The van der Waals surface area contributed by atoms with Crippen LogP contribution in [-0.4, -0.2) is 12.3 Å². The SMILES string of the molecule is I.NC(N)=Nc1ccccc1OC(F)(F)F. The van der Waals surface area contributed by atoms with Crippen LogP contribution in [0, 0.1) is 0 Å². The molecular weight excluding hydrogens is 338 g/mol. The normalized spacial score (nSPS) is 10.2. The summed E-state index contributed by atoms with van der Waals surface area (Å²) in [5.74, 6) is -0.786. The number of aliphatic imine (C=N–C) groups is 1. The minimum Gasteiger partial charge on any atom is -0.403 e. The molecule has 90 valence electrons. The van der Waals surface area contributed by atoms with Gasteiger partial charge in [-0.3, -0.25) is 0 Å². The number of hydrogen-bond acceptors (Lipinski definition) is 2. The average molecular weight is 347 g/mol. The first-order valence-corrected chi connectivity index (χ1v) is 3.83. The number of ether oxygens (including phenoxy) is 1. The number of nitrogens with zero attached hydrogens (tertiary/aromatic N) is 1. The van der Waals surface area contributed by atoms with Crippen LogP contribution in [-0.2, 0) is 0 Å². The number of benzene rings is 1. The van der Waals surface area contributed by atoms with Crippen molar-refractivity contribution >= 4 is 35.6 Å². The topological polar surface area (TPSA) is 73.6 Å². The first kappa shape index (κ1) is 14.8. The van der Waals surface area contributed by atoms with E-state index >= 15 is 0 Å². The van der Waals surface area contributed by atoms with Crippen LogP contribution < -0.4 is 16.2 Å². The van der Waals surface area contributed by atoms with Gasteiger partial charge in [-0.15, -0.1) is 37.1 Å². The third-order valence-electron chi connectivity index (χ3n) is 1.34. The highest BCUT2D eigenvalue weighted by Crippen LogP contribution is 2.31. The van der Waals surface area contributed by atoms with Crippen molar-refractivity contribution in [3.05, 3.63) is 24.3 Å². The van der Waals surface area contributed by atoms with E-state index in [1.54, 1.807) is 0 Å². The van der Waals surface area contributed by atoms with Crippen molar-refractivity contribution in [2.24, 2.45) is 16.5 Å². The summed E-state index contributed by atoms with van der Waals surface area (Å²) in [6.07, 6.45) is -4.77. The van der Waals surface area contributed by atoms with Gasteiger partial charge in [-0.1, -0.05) is 12.1 Å². The molecule has 0 saturated carbocycles. The second-order valence-corrected chi connectivity index (χ2v) is 2.55. The summed E-state index contributed by atoms with van der Waals surface area (Å²) >= 11 is 0. The summed E-state index contributed by atoms with van der Waals surface area (Å²) in [6.45, 7) is 0. The molecule has 0 aromatic heterocycles. The second-order valence-electron chi connectivity index (χ2n) is 2.55. The highest BCUT2D eigenvalue weighted by Gasteiger charge is 2.32. The molecule has 4 nitrogen and oxygen atoms in total. The number of halogens is 4. The minimum absolute atomic E-state index is 0. The van der Waals surface area contributed by atoms with E-state index in [9.17, 15) is 13.2 Å². The molecule has 0 atom stereocenters. The van der Waals surface area contributed by atoms with Gasteiger partial charge in [0.2, 0.25) is 0 Å². The highest BCUT2D eigenvalue weighted by atomic mass is 127. The number of hydrogen-bond donors (Lipinski definition) is 2. The van der Waals surface area contributed by atoms with Gasteiger partial charge in [-0.05, 0) is 12.1 Å². The molecule has 0 bridgehead atoms. The molecule has 16 heavy (non-hydrogen) atoms. The maximum absolute atomic E-state index is 11.9. The van der Waals surface area contributed by atoms with Crippen molar-refractivity contribution in [1.82, 2.24) is 0 Å². The molecule has 0 heterocycles. The van der Waals surface area contributed by atoms with Gasteiger partial charge in [0.1, 0.15) is 5.69 Å². The lowest BCUT2D eigenvalue weighted by atomic mass is 10.3. The summed E-state index contributed by atoms with van der Waals surface area (Å²) in [5.41, 5.74) is 10.0. The predicted octanol–water partition coefficient (Wildman–Crippen LogP) is 2.11. The van der Waals surface area contributed by atoms with E-state index in [2.05, 4.69) is 9.73 Å². The van der Waals surface area contributed by atoms with Crippen LogP contribution in [0.3, 0.4) is 0 Å². The maximum Gasteiger partial charge on any atom is 0.573 e. The second kappa shape index (κ2) is 5.77. The molecule has 0 saturated heterocycles. The van der Waals surface area contributed by atoms with E-state index in [1.807, 2.05) is 0 Å². The van der Waals surface area contributed by atoms with Crippen LogP contribution >= 0.6 is 24.0 Å². The maximum atomic E-state index is 11.9. The molecule has 1 rings (SSSR count). The Hall–Kier alpha value is -1.19. The number of rotatable bonds is 2. The van der Waals surface area contributed by atoms with Crippen molar-refractivity contribution in [3.8, 4) is 5.75 Å². The predicted molar refractivity (Wildman–Crippen MR) is 64.0 cm³/mol. The van der Waals surface area contributed by atoms with Crippen molar-refractivity contribution in [1.29, 1.82) is 0 Å². The Kier molecular flexibility index (Phi) is 5.35. The van der Waals surface area contributed by atoms with E-state index in [0.717, 1.165) is 6.07 Å². The smallest absolute Gasteiger partial charge is 0.403 e. The third-order valence-corrected chi connectivity index (χ3v) is 1.34. The van der Waals surface area contributed by atoms with Crippen molar-refractivity contribution < 1.29 is 17.9 Å². The zero-order valence-corrected chi connectivity index (χ0v) is 10.2. The van der Waals surface area contributed by atoms with Crippen molar-refractivity contribution in [2.75, 3.05) is 0 Å². The van der Waals surface area contributed by atoms with Gasteiger partial charge in [0.15, 0.2) is 11.7 Å². The lowest BCUT2D eigenvalue weighted by Crippen LogP contribution is -2.22. The molecule has 1 aromatic rings. The van der Waals surface area contributed by atoms with E-state index in [1.165, 1.54) is 18.2 Å². The Morgan fingerprint density at radius 2 is 1.75 bits per heavy atom. The van der Waals surface area contributed by atoms with Crippen molar-refractivity contribution in [2.45, 2.75) is 6.36 Å². The summed E-state index contributed by atoms with van der Waals surface area (Å²) < 4.78 is 39.5. The van der Waals surface area contributed by atoms with E-state index in [-0.39, 0.29) is 35.6 Å². The third kappa shape index (κ3) is 5.05. The Bertz CT molecular complexity index is 377. The molecule has 0 fully saturated rings. The summed E-state index contributed by atoms with van der Waals surface area (Å²) in [6, 6.07) is 5.30. The Morgan fingerprint density at radius 3 is 2.25 bits per heavy atom. The zero-order valence-electron chi connectivity index (χ0n) is 7.86. The van der Waals surface area contributed by atoms with Gasteiger partial charge >= 0.3 is 6.36 Å². The molecule has 0 spiro atoms. The van der Waals surface area contributed by atoms with Gasteiger partial charge in [0.25, 0.3) is 0 Å². The lowest BCUT2D eigenvalue weighted by Gasteiger charge is -2.10. The Morgan fingerprint density at radius 1 is 1.19 bits per heavy atom. The Balaban J connectivity index is 0.00000225. The lowest BCUT2D eigenvalue weighted by molar-refractivity contribution is -0.274. The fourth-order valence-electron chi connectivity index (χ4n) is 0.900. The molecule has 4 N–H and O–H groups in total. The summed E-state index contributed by atoms with van der Waals surface area (Å²) in [5, 5.41) is 0.